The predicted octanol–water partition coefficient (Wildman–Crippen LogP) is 26.4. The van der Waals surface area contributed by atoms with Gasteiger partial charge < -0.3 is 54.6 Å². The number of hydrogen-bond donors (Lipinski definition) is 2. The molecule has 140 heavy (non-hydrogen) atoms. The number of piperidine rings is 2. The smallest absolute Gasteiger partial charge is 0.378 e. The molecule has 0 spiro atoms. The summed E-state index contributed by atoms with van der Waals surface area (Å²) < 4.78 is 8.11. The lowest BCUT2D eigenvalue weighted by atomic mass is 10.1. The zero-order chi connectivity index (χ0) is 114. The third-order valence-electron chi connectivity index (χ3n) is 18.1. The number of nitrogens with one attached hydrogen (secondary N) is 2. The maximum absolute atomic E-state index is 11.1. The van der Waals surface area contributed by atoms with Crippen LogP contribution in [0.4, 0.5) is 0 Å². The molecule has 8 amide bonds. The summed E-state index contributed by atoms with van der Waals surface area (Å²) in [7, 11) is 3.45. The number of pyridine rings is 1. The minimum absolute atomic E-state index is 0.0376. The lowest BCUT2D eigenvalue weighted by molar-refractivity contribution is -0.572. The van der Waals surface area contributed by atoms with E-state index in [2.05, 4.69) is 38.3 Å². The minimum atomic E-state index is 0.0376. The van der Waals surface area contributed by atoms with Gasteiger partial charge in [-0.1, -0.05) is 301 Å². The first kappa shape index (κ1) is 171. The Morgan fingerprint density at radius 1 is 0.300 bits per heavy atom. The zero-order valence-electron chi connectivity index (χ0n) is 101. The topological polar surface area (TPSA) is 273 Å². The standard InChI is InChI=1S/2C8H16N2O.C8H15NO.2C8H8O.2C7H13NO.C7H8NO.C6H11NO2.C6H11NO.C6H7NO.C4H9NO.16C2H6/c1-6-5-10(8(3)11)7(2)4-9-6;1-6-4-9-5-7(2)10(6)8(3)11;1-8(10)9-6-4-2-3-5-7-9;5*1-7(9)8-5-3-2-4-6-8;1-6(8)7-2-4-9-5-3-7;2*1-6(8)7-4-2-3-5-7;1-4(6)5(2)3;16*1-2/h2*6-7,9H,4-5H2,1-3H3;2-7H2,1H3;2*2-6H,1H3;2*2-6H2,1H3;2-6H,1H3;2-5H2,1H3;2-5H2,1H3;2-5H,1H3;1-3H3;16*1-2H3/q;;;;;;;+1;;;;;;;;;;;;;;;;;;;;. The Kier molecular flexibility index (Phi) is 169. The van der Waals surface area contributed by atoms with Crippen LogP contribution in [0, 0.1) is 0 Å². The van der Waals surface area contributed by atoms with Gasteiger partial charge in [0.25, 0.3) is 0 Å². The van der Waals surface area contributed by atoms with Crippen molar-refractivity contribution in [1.82, 2.24) is 54.4 Å². The number of ketones is 2. The maximum Gasteiger partial charge on any atom is 0.389 e. The van der Waals surface area contributed by atoms with Gasteiger partial charge in [-0.3, -0.25) is 57.3 Å². The molecular formula is C115H231N12O13+. The second-order valence-corrected chi connectivity index (χ2v) is 27.7. The van der Waals surface area contributed by atoms with Gasteiger partial charge in [-0.05, 0) is 118 Å². The van der Waals surface area contributed by atoms with Crippen LogP contribution in [0.25, 0.3) is 0 Å². The zero-order valence-corrected chi connectivity index (χ0v) is 101. The number of ether oxygens (including phenoxy) is 1. The Balaban J connectivity index is -0.0000000766. The van der Waals surface area contributed by atoms with Crippen LogP contribution in [0.15, 0.2) is 116 Å². The first-order valence-corrected chi connectivity index (χ1v) is 54.4. The minimum Gasteiger partial charge on any atom is -0.378 e. The Hall–Kier alpha value is -8.81. The normalized spacial score (nSPS) is 14.7. The number of aromatic nitrogens is 2. The van der Waals surface area contributed by atoms with Crippen LogP contribution in [0.1, 0.15) is 440 Å². The molecule has 2 N–H and O–H groups in total. The molecular weight excluding hydrogens is 1760 g/mol. The lowest BCUT2D eigenvalue weighted by Crippen LogP contribution is -2.56. The number of piperazine rings is 2. The molecule has 4 aromatic rings. The fourth-order valence-electron chi connectivity index (χ4n) is 11.4. The fourth-order valence-corrected chi connectivity index (χ4v) is 11.4. The molecule has 9 heterocycles. The summed E-state index contributed by atoms with van der Waals surface area (Å²) in [5, 5.41) is 6.60. The number of morpholine rings is 1. The van der Waals surface area contributed by atoms with E-state index in [1.54, 1.807) is 106 Å². The Morgan fingerprint density at radius 2 is 0.543 bits per heavy atom. The molecule has 0 aliphatic carbocycles. The first-order valence-electron chi connectivity index (χ1n) is 54.4. The van der Waals surface area contributed by atoms with Gasteiger partial charge in [-0.25, -0.2) is 4.79 Å². The van der Waals surface area contributed by atoms with Crippen LogP contribution < -0.4 is 15.2 Å². The molecule has 0 bridgehead atoms. The molecule has 7 aliphatic rings. The number of amides is 8. The molecule has 25 nitrogen and oxygen atoms in total. The van der Waals surface area contributed by atoms with Crippen molar-refractivity contribution in [3.05, 3.63) is 127 Å². The summed E-state index contributed by atoms with van der Waals surface area (Å²) in [6.45, 7) is 106. The Labute approximate surface area is 866 Å². The van der Waals surface area contributed by atoms with Crippen molar-refractivity contribution in [2.75, 3.05) is 119 Å². The van der Waals surface area contributed by atoms with Gasteiger partial charge in [-0.15, -0.1) is 4.57 Å². The van der Waals surface area contributed by atoms with Crippen LogP contribution in [0.2, 0.25) is 0 Å². The molecule has 11 rings (SSSR count). The highest BCUT2D eigenvalue weighted by Crippen LogP contribution is 2.13. The van der Waals surface area contributed by atoms with Gasteiger partial charge in [0.15, 0.2) is 24.0 Å². The predicted molar refractivity (Wildman–Crippen MR) is 609 cm³/mol. The summed E-state index contributed by atoms with van der Waals surface area (Å²) in [6, 6.07) is 29.1. The van der Waals surface area contributed by atoms with Crippen molar-refractivity contribution < 1.29 is 66.8 Å². The van der Waals surface area contributed by atoms with E-state index in [-0.39, 0.29) is 70.6 Å². The molecule has 4 unspecified atom stereocenters. The molecule has 7 saturated heterocycles. The highest BCUT2D eigenvalue weighted by molar-refractivity contribution is 5.94. The third-order valence-corrected chi connectivity index (χ3v) is 18.1. The Morgan fingerprint density at radius 3 is 0.721 bits per heavy atom. The van der Waals surface area contributed by atoms with E-state index in [4.69, 9.17) is 4.74 Å². The highest BCUT2D eigenvalue weighted by Gasteiger charge is 2.27. The maximum atomic E-state index is 11.1. The van der Waals surface area contributed by atoms with E-state index in [1.165, 1.54) is 112 Å². The SMILES string of the molecule is CC.CC.CC.CC.CC.CC.CC.CC.CC.CC.CC.CC.CC.CC.CC.CC.CC(=O)N(C)C.CC(=O)N1C(C)CNCC1C.CC(=O)N1CC(C)NCC1C.CC(=O)N1CCCC1.CC(=O)N1CCCCC1.CC(=O)N1CCCCC1.CC(=O)N1CCCCCC1.CC(=O)N1CCOCC1.CC(=O)[n+]1ccccc1.CC(=O)c1ccccc1.CC(=O)c1ccccc1.CC(=O)n1cccc1. The van der Waals surface area contributed by atoms with Gasteiger partial charge in [0.2, 0.25) is 53.2 Å². The highest BCUT2D eigenvalue weighted by atomic mass is 16.5. The second kappa shape index (κ2) is 139. The first-order chi connectivity index (χ1) is 67.1. The van der Waals surface area contributed by atoms with Crippen LogP contribution in [-0.4, -0.2) is 258 Å². The number of hydrogen-bond acceptors (Lipinski definition) is 15. The van der Waals surface area contributed by atoms with Crippen molar-refractivity contribution in [3.8, 4) is 0 Å². The van der Waals surface area contributed by atoms with Crippen molar-refractivity contribution >= 4 is 70.6 Å². The number of carbonyl (C=O) groups is 12. The molecule has 0 saturated carbocycles. The van der Waals surface area contributed by atoms with E-state index >= 15 is 0 Å². The molecule has 828 valence electrons. The van der Waals surface area contributed by atoms with Crippen LogP contribution in [-0.2, 0) is 43.1 Å². The molecule has 4 atom stereocenters. The number of carbonyl (C=O) groups excluding carboxylic acids is 12. The summed E-state index contributed by atoms with van der Waals surface area (Å²) in [4.78, 5) is 143. The Bertz CT molecular complexity index is 3000. The lowest BCUT2D eigenvalue weighted by Gasteiger charge is -2.38. The number of rotatable bonds is 2. The van der Waals surface area contributed by atoms with Crippen molar-refractivity contribution in [2.45, 2.75) is 434 Å². The van der Waals surface area contributed by atoms with E-state index in [0.29, 0.717) is 37.4 Å². The molecule has 25 heteroatoms. The summed E-state index contributed by atoms with van der Waals surface area (Å²) in [6.07, 6.45) is 21.6. The summed E-state index contributed by atoms with van der Waals surface area (Å²) in [5.41, 5.74) is 1.55. The van der Waals surface area contributed by atoms with E-state index in [9.17, 15) is 57.5 Å². The van der Waals surface area contributed by atoms with Gasteiger partial charge in [0, 0.05) is 228 Å². The van der Waals surface area contributed by atoms with Gasteiger partial charge in [0.1, 0.15) is 0 Å². The van der Waals surface area contributed by atoms with Crippen LogP contribution in [0.5, 0.6) is 0 Å². The largest absolute Gasteiger partial charge is 0.389 e. The van der Waals surface area contributed by atoms with E-state index < -0.39 is 0 Å². The van der Waals surface area contributed by atoms with Crippen molar-refractivity contribution in [1.29, 1.82) is 0 Å². The van der Waals surface area contributed by atoms with Crippen molar-refractivity contribution in [3.63, 3.8) is 0 Å². The average Bonchev–Trinajstić information content (AvgIpc) is 1.24. The van der Waals surface area contributed by atoms with Crippen LogP contribution in [0.3, 0.4) is 0 Å². The van der Waals surface area contributed by atoms with E-state index in [1.807, 2.05) is 342 Å². The van der Waals surface area contributed by atoms with Gasteiger partial charge in [0.05, 0.1) is 20.1 Å². The molecule has 0 radical (unpaired) electrons. The number of benzene rings is 2. The third kappa shape index (κ3) is 113. The molecule has 7 fully saturated rings. The van der Waals surface area contributed by atoms with Crippen molar-refractivity contribution in [2.24, 2.45) is 0 Å². The van der Waals surface area contributed by atoms with Crippen LogP contribution >= 0.6 is 0 Å². The fraction of sp³-hybridized carbons (Fsp3) is 0.713. The quantitative estimate of drug-likeness (QED) is 0.139. The number of likely N-dealkylation sites (tertiary alicyclic amines) is 4. The molecule has 2 aromatic heterocycles. The summed E-state index contributed by atoms with van der Waals surface area (Å²) in [5.74, 6) is 1.87. The monoisotopic (exact) mass is 1990 g/mol. The molecule has 2 aromatic carbocycles. The summed E-state index contributed by atoms with van der Waals surface area (Å²) >= 11 is 0. The van der Waals surface area contributed by atoms with E-state index in [0.717, 1.165) is 103 Å². The molecule has 7 aliphatic heterocycles. The number of Topliss-reactive ketones (excluding diaryl/α,β-unsaturated/α-hetero) is 2. The number of nitrogens with zero attached hydrogens (tertiary/aromatic N) is 10. The average molecular weight is 1990 g/mol. The van der Waals surface area contributed by atoms with Gasteiger partial charge in [-0.2, -0.15) is 0 Å². The van der Waals surface area contributed by atoms with Gasteiger partial charge >= 0.3 is 5.91 Å². The second-order valence-electron chi connectivity index (χ2n) is 27.7.